The molecule has 2 aromatic carbocycles. The van der Waals surface area contributed by atoms with E-state index in [4.69, 9.17) is 0 Å². The van der Waals surface area contributed by atoms with Crippen LogP contribution in [0.1, 0.15) is 43.0 Å². The van der Waals surface area contributed by atoms with Gasteiger partial charge in [0.25, 0.3) is 15.9 Å². The first-order valence-electron chi connectivity index (χ1n) is 12.0. The summed E-state index contributed by atoms with van der Waals surface area (Å²) in [7, 11) is -2.30. The Morgan fingerprint density at radius 2 is 1.47 bits per heavy atom. The molecule has 2 saturated heterocycles. The molecule has 0 N–H and O–H groups in total. The molecule has 0 bridgehead atoms. The van der Waals surface area contributed by atoms with Gasteiger partial charge in [-0.25, -0.2) is 8.42 Å². The van der Waals surface area contributed by atoms with Gasteiger partial charge in [0, 0.05) is 44.7 Å². The molecule has 2 heterocycles. The second-order valence-corrected chi connectivity index (χ2v) is 11.4. The zero-order valence-electron chi connectivity index (χ0n) is 19.9. The highest BCUT2D eigenvalue weighted by atomic mass is 32.2. The summed E-state index contributed by atoms with van der Waals surface area (Å²) in [4.78, 5) is 29.8. The van der Waals surface area contributed by atoms with Crippen LogP contribution < -0.4 is 4.31 Å². The molecule has 2 amide bonds. The third-order valence-electron chi connectivity index (χ3n) is 7.09. The number of hydrogen-bond acceptors (Lipinski definition) is 4. The van der Waals surface area contributed by atoms with Crippen molar-refractivity contribution >= 4 is 27.5 Å². The zero-order valence-corrected chi connectivity index (χ0v) is 20.7. The highest BCUT2D eigenvalue weighted by molar-refractivity contribution is 7.92. The molecule has 2 aliphatic heterocycles. The number of para-hydroxylation sites is 1. The van der Waals surface area contributed by atoms with Crippen LogP contribution in [0.2, 0.25) is 0 Å². The molecule has 0 atom stereocenters. The maximum absolute atomic E-state index is 13.2. The number of hydrogen-bond donors (Lipinski definition) is 0. The molecule has 0 unspecified atom stereocenters. The predicted octanol–water partition coefficient (Wildman–Crippen LogP) is 3.62. The van der Waals surface area contributed by atoms with Gasteiger partial charge in [0.15, 0.2) is 0 Å². The Labute approximate surface area is 202 Å². The Bertz CT molecular complexity index is 1120. The molecule has 0 saturated carbocycles. The fraction of sp³-hybridized carbons (Fsp3) is 0.462. The first-order chi connectivity index (χ1) is 16.3. The lowest BCUT2D eigenvalue weighted by Gasteiger charge is -2.36. The molecule has 182 valence electrons. The molecule has 2 aliphatic rings. The highest BCUT2D eigenvalue weighted by Gasteiger charge is 2.32. The van der Waals surface area contributed by atoms with E-state index in [0.717, 1.165) is 25.9 Å². The van der Waals surface area contributed by atoms with Crippen molar-refractivity contribution in [1.82, 2.24) is 9.80 Å². The quantitative estimate of drug-likeness (QED) is 0.651. The second kappa shape index (κ2) is 10.2. The van der Waals surface area contributed by atoms with Crippen LogP contribution in [0.5, 0.6) is 0 Å². The van der Waals surface area contributed by atoms with E-state index in [9.17, 15) is 18.0 Å². The first kappa shape index (κ1) is 24.3. The fourth-order valence-electron chi connectivity index (χ4n) is 4.72. The molecular formula is C26H33N3O4S. The summed E-state index contributed by atoms with van der Waals surface area (Å²) in [5.74, 6) is 0.660. The number of carbonyl (C=O) groups is 2. The van der Waals surface area contributed by atoms with Gasteiger partial charge in [-0.3, -0.25) is 13.9 Å². The van der Waals surface area contributed by atoms with Crippen LogP contribution in [0, 0.1) is 11.8 Å². The number of piperidine rings is 2. The van der Waals surface area contributed by atoms with Crippen LogP contribution in [-0.2, 0) is 14.8 Å². The number of likely N-dealkylation sites (tertiary alicyclic amines) is 2. The van der Waals surface area contributed by atoms with Gasteiger partial charge < -0.3 is 9.80 Å². The Hall–Kier alpha value is -2.87. The van der Waals surface area contributed by atoms with Gasteiger partial charge in [-0.15, -0.1) is 0 Å². The summed E-state index contributed by atoms with van der Waals surface area (Å²) >= 11 is 0. The minimum absolute atomic E-state index is 0.0382. The lowest BCUT2D eigenvalue weighted by Crippen LogP contribution is -2.46. The van der Waals surface area contributed by atoms with Gasteiger partial charge >= 0.3 is 0 Å². The number of nitrogens with zero attached hydrogens (tertiary/aromatic N) is 3. The predicted molar refractivity (Wildman–Crippen MR) is 132 cm³/mol. The van der Waals surface area contributed by atoms with Crippen molar-refractivity contribution < 1.29 is 18.0 Å². The van der Waals surface area contributed by atoms with Gasteiger partial charge in [-0.2, -0.15) is 0 Å². The van der Waals surface area contributed by atoms with Crippen molar-refractivity contribution in [1.29, 1.82) is 0 Å². The van der Waals surface area contributed by atoms with E-state index >= 15 is 0 Å². The highest BCUT2D eigenvalue weighted by Crippen LogP contribution is 2.26. The molecule has 4 rings (SSSR count). The van der Waals surface area contributed by atoms with Gasteiger partial charge in [-0.05, 0) is 61.9 Å². The average molecular weight is 484 g/mol. The number of carbonyl (C=O) groups excluding carboxylic acids is 2. The molecule has 34 heavy (non-hydrogen) atoms. The van der Waals surface area contributed by atoms with Crippen molar-refractivity contribution in [2.24, 2.45) is 11.8 Å². The van der Waals surface area contributed by atoms with Crippen molar-refractivity contribution in [3.8, 4) is 0 Å². The summed E-state index contributed by atoms with van der Waals surface area (Å²) < 4.78 is 27.5. The number of rotatable bonds is 5. The SMILES string of the molecule is CC1CCN(C(=O)C2CCN(C(=O)c3cccc(S(=O)(=O)N(C)c4ccccc4)c3)CC2)CC1. The summed E-state index contributed by atoms with van der Waals surface area (Å²) in [5, 5.41) is 0. The van der Waals surface area contributed by atoms with Crippen LogP contribution in [-0.4, -0.2) is 63.3 Å². The molecule has 2 fully saturated rings. The Morgan fingerprint density at radius 3 is 2.12 bits per heavy atom. The third kappa shape index (κ3) is 5.12. The van der Waals surface area contributed by atoms with Crippen LogP contribution in [0.15, 0.2) is 59.5 Å². The molecule has 8 heteroatoms. The van der Waals surface area contributed by atoms with E-state index in [1.807, 2.05) is 11.0 Å². The Balaban J connectivity index is 1.41. The van der Waals surface area contributed by atoms with Gasteiger partial charge in [0.2, 0.25) is 5.91 Å². The smallest absolute Gasteiger partial charge is 0.264 e. The van der Waals surface area contributed by atoms with Crippen molar-refractivity contribution in [2.45, 2.75) is 37.5 Å². The van der Waals surface area contributed by atoms with Crippen LogP contribution in [0.3, 0.4) is 0 Å². The first-order valence-corrected chi connectivity index (χ1v) is 13.4. The monoisotopic (exact) mass is 483 g/mol. The number of anilines is 1. The van der Waals surface area contributed by atoms with Crippen molar-refractivity contribution in [2.75, 3.05) is 37.5 Å². The van der Waals surface area contributed by atoms with E-state index in [1.165, 1.54) is 23.5 Å². The van der Waals surface area contributed by atoms with E-state index in [0.29, 0.717) is 43.1 Å². The summed E-state index contributed by atoms with van der Waals surface area (Å²) in [6.07, 6.45) is 3.40. The van der Waals surface area contributed by atoms with Crippen LogP contribution >= 0.6 is 0 Å². The van der Waals surface area contributed by atoms with E-state index in [1.54, 1.807) is 41.3 Å². The lowest BCUT2D eigenvalue weighted by molar-refractivity contribution is -0.138. The average Bonchev–Trinajstić information content (AvgIpc) is 2.88. The summed E-state index contributed by atoms with van der Waals surface area (Å²) in [6, 6.07) is 15.0. The minimum atomic E-state index is -3.80. The second-order valence-electron chi connectivity index (χ2n) is 9.41. The molecule has 0 aromatic heterocycles. The molecule has 7 nitrogen and oxygen atoms in total. The lowest BCUT2D eigenvalue weighted by atomic mass is 9.92. The maximum atomic E-state index is 13.2. The van der Waals surface area contributed by atoms with Crippen molar-refractivity contribution in [3.05, 3.63) is 60.2 Å². The summed E-state index contributed by atoms with van der Waals surface area (Å²) in [6.45, 7) is 4.89. The molecule has 2 aromatic rings. The van der Waals surface area contributed by atoms with E-state index < -0.39 is 10.0 Å². The van der Waals surface area contributed by atoms with E-state index in [2.05, 4.69) is 6.92 Å². The van der Waals surface area contributed by atoms with E-state index in [-0.39, 0.29) is 22.6 Å². The van der Waals surface area contributed by atoms with Gasteiger partial charge in [0.1, 0.15) is 0 Å². The van der Waals surface area contributed by atoms with Gasteiger partial charge in [0.05, 0.1) is 10.6 Å². The topological polar surface area (TPSA) is 78.0 Å². The molecular weight excluding hydrogens is 450 g/mol. The number of benzene rings is 2. The molecule has 0 radical (unpaired) electrons. The normalized spacial score (nSPS) is 18.1. The largest absolute Gasteiger partial charge is 0.342 e. The third-order valence-corrected chi connectivity index (χ3v) is 8.87. The summed E-state index contributed by atoms with van der Waals surface area (Å²) in [5.41, 5.74) is 0.895. The fourth-order valence-corrected chi connectivity index (χ4v) is 5.97. The van der Waals surface area contributed by atoms with Crippen LogP contribution in [0.25, 0.3) is 0 Å². The zero-order chi connectivity index (χ0) is 24.3. The number of sulfonamides is 1. The molecule has 0 spiro atoms. The number of amides is 2. The van der Waals surface area contributed by atoms with Gasteiger partial charge in [-0.1, -0.05) is 31.2 Å². The minimum Gasteiger partial charge on any atom is -0.342 e. The Kier molecular flexibility index (Phi) is 7.26. The standard InChI is InChI=1S/C26H33N3O4S/c1-20-11-15-28(16-12-20)25(30)21-13-17-29(18-14-21)26(31)22-7-6-10-24(19-22)34(32,33)27(2)23-8-4-3-5-9-23/h3-10,19-21H,11-18H2,1-2H3. The van der Waals surface area contributed by atoms with Crippen molar-refractivity contribution in [3.63, 3.8) is 0 Å². The Morgan fingerprint density at radius 1 is 0.853 bits per heavy atom. The molecule has 0 aliphatic carbocycles. The van der Waals surface area contributed by atoms with Crippen LogP contribution in [0.4, 0.5) is 5.69 Å². The maximum Gasteiger partial charge on any atom is 0.264 e.